The largest absolute Gasteiger partial charge is 0.435 e. The second-order valence-corrected chi connectivity index (χ2v) is 6.40. The Balaban J connectivity index is 0.00000261. The van der Waals surface area contributed by atoms with Crippen LogP contribution in [0.2, 0.25) is 0 Å². The van der Waals surface area contributed by atoms with E-state index in [4.69, 9.17) is 0 Å². The molecule has 148 valence electrons. The molecule has 0 bridgehead atoms. The van der Waals surface area contributed by atoms with Crippen molar-refractivity contribution in [2.75, 3.05) is 38.1 Å². The number of rotatable bonds is 7. The number of anilines is 1. The maximum atomic E-state index is 12.2. The van der Waals surface area contributed by atoms with E-state index in [2.05, 4.69) is 38.0 Å². The second kappa shape index (κ2) is 10.4. The molecular formula is C19H25ClF2N4O. The lowest BCUT2D eigenvalue weighted by molar-refractivity contribution is -0.0498. The van der Waals surface area contributed by atoms with Crippen LogP contribution in [0.4, 0.5) is 14.6 Å². The summed E-state index contributed by atoms with van der Waals surface area (Å²) in [5, 5.41) is 3.40. The first-order valence-corrected chi connectivity index (χ1v) is 8.73. The predicted octanol–water partition coefficient (Wildman–Crippen LogP) is 3.15. The third-order valence-electron chi connectivity index (χ3n) is 4.46. The van der Waals surface area contributed by atoms with Crippen molar-refractivity contribution in [3.05, 3.63) is 53.7 Å². The number of pyridine rings is 1. The lowest BCUT2D eigenvalue weighted by Gasteiger charge is -2.34. The summed E-state index contributed by atoms with van der Waals surface area (Å²) in [6.07, 6.45) is 1.83. The van der Waals surface area contributed by atoms with E-state index in [0.29, 0.717) is 13.1 Å². The number of piperazine rings is 1. The molecule has 1 saturated heterocycles. The molecule has 3 rings (SSSR count). The van der Waals surface area contributed by atoms with Crippen molar-refractivity contribution in [2.24, 2.45) is 0 Å². The number of halogens is 3. The number of alkyl halides is 2. The van der Waals surface area contributed by atoms with Gasteiger partial charge in [-0.15, -0.1) is 12.4 Å². The van der Waals surface area contributed by atoms with Crippen molar-refractivity contribution in [1.82, 2.24) is 15.2 Å². The molecule has 1 aromatic heterocycles. The summed E-state index contributed by atoms with van der Waals surface area (Å²) in [6, 6.07) is 10.7. The Morgan fingerprint density at radius 1 is 1.07 bits per heavy atom. The second-order valence-electron chi connectivity index (χ2n) is 6.40. The normalized spacial score (nSPS) is 14.9. The van der Waals surface area contributed by atoms with Crippen LogP contribution in [0.1, 0.15) is 11.1 Å². The molecule has 2 heterocycles. The number of hydrogen-bond donors (Lipinski definition) is 1. The van der Waals surface area contributed by atoms with Crippen LogP contribution in [-0.2, 0) is 13.1 Å². The topological polar surface area (TPSA) is 40.6 Å². The third kappa shape index (κ3) is 6.30. The fourth-order valence-electron chi connectivity index (χ4n) is 3.00. The van der Waals surface area contributed by atoms with Crippen LogP contribution in [0.15, 0.2) is 42.6 Å². The third-order valence-corrected chi connectivity index (χ3v) is 4.46. The van der Waals surface area contributed by atoms with Crippen LogP contribution in [0, 0.1) is 0 Å². The first kappa shape index (κ1) is 21.3. The summed E-state index contributed by atoms with van der Waals surface area (Å²) < 4.78 is 28.7. The van der Waals surface area contributed by atoms with Crippen LogP contribution in [-0.4, -0.2) is 49.7 Å². The van der Waals surface area contributed by atoms with Crippen LogP contribution in [0.25, 0.3) is 0 Å². The molecule has 0 amide bonds. The van der Waals surface area contributed by atoms with Crippen LogP contribution in [0.3, 0.4) is 0 Å². The van der Waals surface area contributed by atoms with Crippen LogP contribution >= 0.6 is 12.4 Å². The van der Waals surface area contributed by atoms with Gasteiger partial charge >= 0.3 is 6.61 Å². The van der Waals surface area contributed by atoms with Crippen molar-refractivity contribution in [2.45, 2.75) is 19.7 Å². The van der Waals surface area contributed by atoms with Crippen LogP contribution in [0.5, 0.6) is 5.75 Å². The number of benzene rings is 1. The Morgan fingerprint density at radius 3 is 2.44 bits per heavy atom. The quantitative estimate of drug-likeness (QED) is 0.776. The minimum atomic E-state index is -2.79. The average molecular weight is 399 g/mol. The van der Waals surface area contributed by atoms with Crippen LogP contribution < -0.4 is 15.0 Å². The monoisotopic (exact) mass is 398 g/mol. The molecule has 1 fully saturated rings. The van der Waals surface area contributed by atoms with Crippen molar-refractivity contribution < 1.29 is 13.5 Å². The highest BCUT2D eigenvalue weighted by molar-refractivity contribution is 5.85. The Kier molecular flexibility index (Phi) is 8.22. The smallest absolute Gasteiger partial charge is 0.387 e. The fraction of sp³-hybridized carbons (Fsp3) is 0.421. The SMILES string of the molecule is CN1CCN(c2ncccc2CNCc2ccc(OC(F)F)cc2)CC1.Cl. The molecule has 0 aliphatic carbocycles. The molecule has 1 N–H and O–H groups in total. The summed E-state index contributed by atoms with van der Waals surface area (Å²) in [5.41, 5.74) is 2.17. The van der Waals surface area contributed by atoms with Gasteiger partial charge in [0.25, 0.3) is 0 Å². The molecule has 1 aliphatic heterocycles. The molecular weight excluding hydrogens is 374 g/mol. The van der Waals surface area contributed by atoms with E-state index >= 15 is 0 Å². The van der Waals surface area contributed by atoms with Gasteiger partial charge < -0.3 is 19.9 Å². The standard InChI is InChI=1S/C19H24F2N4O.ClH/c1-24-9-11-25(12-10-24)18-16(3-2-8-23-18)14-22-13-15-4-6-17(7-5-15)26-19(20)21;/h2-8,19,22H,9-14H2,1H3;1H. The van der Waals surface area contributed by atoms with Gasteiger partial charge in [0.1, 0.15) is 11.6 Å². The number of ether oxygens (including phenoxy) is 1. The molecule has 1 aromatic carbocycles. The first-order valence-electron chi connectivity index (χ1n) is 8.73. The Labute approximate surface area is 164 Å². The summed E-state index contributed by atoms with van der Waals surface area (Å²) in [6.45, 7) is 2.58. The zero-order chi connectivity index (χ0) is 18.4. The minimum Gasteiger partial charge on any atom is -0.435 e. The van der Waals surface area contributed by atoms with E-state index in [1.807, 2.05) is 12.3 Å². The molecule has 0 atom stereocenters. The van der Waals surface area contributed by atoms with E-state index in [9.17, 15) is 8.78 Å². The molecule has 27 heavy (non-hydrogen) atoms. The Bertz CT molecular complexity index is 694. The lowest BCUT2D eigenvalue weighted by Crippen LogP contribution is -2.45. The number of nitrogens with zero attached hydrogens (tertiary/aromatic N) is 3. The summed E-state index contributed by atoms with van der Waals surface area (Å²) in [7, 11) is 2.13. The van der Waals surface area contributed by atoms with Crippen molar-refractivity contribution >= 4 is 18.2 Å². The van der Waals surface area contributed by atoms with E-state index in [0.717, 1.165) is 43.1 Å². The average Bonchev–Trinajstić information content (AvgIpc) is 2.64. The number of nitrogens with one attached hydrogen (secondary N) is 1. The van der Waals surface area contributed by atoms with Crippen molar-refractivity contribution in [1.29, 1.82) is 0 Å². The van der Waals surface area contributed by atoms with Gasteiger partial charge in [0, 0.05) is 51.0 Å². The van der Waals surface area contributed by atoms with Gasteiger partial charge in [0.2, 0.25) is 0 Å². The van der Waals surface area contributed by atoms with Gasteiger partial charge in [-0.3, -0.25) is 0 Å². The van der Waals surface area contributed by atoms with E-state index in [1.54, 1.807) is 24.3 Å². The molecule has 0 saturated carbocycles. The van der Waals surface area contributed by atoms with Gasteiger partial charge in [-0.25, -0.2) is 4.98 Å². The van der Waals surface area contributed by atoms with Crippen molar-refractivity contribution in [3.63, 3.8) is 0 Å². The number of hydrogen-bond acceptors (Lipinski definition) is 5. The fourth-order valence-corrected chi connectivity index (χ4v) is 3.00. The summed E-state index contributed by atoms with van der Waals surface area (Å²) in [5.74, 6) is 1.21. The maximum absolute atomic E-state index is 12.2. The molecule has 1 aliphatic rings. The molecule has 0 unspecified atom stereocenters. The minimum absolute atomic E-state index is 0. The van der Waals surface area contributed by atoms with Gasteiger partial charge in [0.15, 0.2) is 0 Å². The predicted molar refractivity (Wildman–Crippen MR) is 105 cm³/mol. The van der Waals surface area contributed by atoms with Crippen molar-refractivity contribution in [3.8, 4) is 5.75 Å². The zero-order valence-electron chi connectivity index (χ0n) is 15.3. The highest BCUT2D eigenvalue weighted by Crippen LogP contribution is 2.19. The summed E-state index contributed by atoms with van der Waals surface area (Å²) >= 11 is 0. The highest BCUT2D eigenvalue weighted by atomic mass is 35.5. The van der Waals surface area contributed by atoms with E-state index in [1.165, 1.54) is 0 Å². The van der Waals surface area contributed by atoms with Gasteiger partial charge in [-0.05, 0) is 30.8 Å². The maximum Gasteiger partial charge on any atom is 0.387 e. The lowest BCUT2D eigenvalue weighted by atomic mass is 10.2. The van der Waals surface area contributed by atoms with Gasteiger partial charge in [-0.2, -0.15) is 8.78 Å². The Morgan fingerprint density at radius 2 is 1.78 bits per heavy atom. The molecule has 5 nitrogen and oxygen atoms in total. The van der Waals surface area contributed by atoms with Gasteiger partial charge in [0.05, 0.1) is 0 Å². The molecule has 8 heteroatoms. The molecule has 0 spiro atoms. The molecule has 0 radical (unpaired) electrons. The van der Waals surface area contributed by atoms with E-state index < -0.39 is 6.61 Å². The van der Waals surface area contributed by atoms with E-state index in [-0.39, 0.29) is 18.2 Å². The number of aromatic nitrogens is 1. The van der Waals surface area contributed by atoms with Gasteiger partial charge in [-0.1, -0.05) is 18.2 Å². The number of likely N-dealkylation sites (N-methyl/N-ethyl adjacent to an activating group) is 1. The zero-order valence-corrected chi connectivity index (χ0v) is 16.1. The highest BCUT2D eigenvalue weighted by Gasteiger charge is 2.17. The summed E-state index contributed by atoms with van der Waals surface area (Å²) in [4.78, 5) is 9.22. The molecule has 2 aromatic rings. The Hall–Kier alpha value is -1.96. The first-order chi connectivity index (χ1) is 12.6.